The molecule has 0 saturated heterocycles. The Kier molecular flexibility index (Phi) is 3.87. The third-order valence-corrected chi connectivity index (χ3v) is 2.67. The van der Waals surface area contributed by atoms with Crippen LogP contribution < -0.4 is 0 Å². The molecule has 0 unspecified atom stereocenters. The van der Waals surface area contributed by atoms with Crippen molar-refractivity contribution >= 4 is 16.9 Å². The third-order valence-electron chi connectivity index (χ3n) is 2.67. The number of fused-ring (bicyclic) bond motifs is 1. The fourth-order valence-electron chi connectivity index (χ4n) is 1.84. The van der Waals surface area contributed by atoms with Gasteiger partial charge in [0.15, 0.2) is 5.69 Å². The second kappa shape index (κ2) is 5.58. The van der Waals surface area contributed by atoms with E-state index in [2.05, 4.69) is 23.2 Å². The molecule has 0 spiro atoms. The topological polar surface area (TPSA) is 52.1 Å². The number of rotatable bonds is 4. The minimum absolute atomic E-state index is 0.262. The van der Waals surface area contributed by atoms with E-state index in [1.807, 2.05) is 12.1 Å². The zero-order valence-electron chi connectivity index (χ0n) is 10.6. The smallest absolute Gasteiger partial charge is 0.358 e. The number of ether oxygens (including phenoxy) is 1. The lowest BCUT2D eigenvalue weighted by molar-refractivity contribution is 0.0518. The molecule has 0 amide bonds. The molecule has 0 aliphatic heterocycles. The molecule has 0 saturated carbocycles. The molecule has 1 aromatic carbocycles. The third kappa shape index (κ3) is 2.64. The largest absolute Gasteiger partial charge is 0.461 e. The van der Waals surface area contributed by atoms with Crippen molar-refractivity contribution in [2.24, 2.45) is 0 Å². The number of esters is 1. The minimum Gasteiger partial charge on any atom is -0.461 e. The first-order valence-electron chi connectivity index (χ1n) is 6.18. The standard InChI is InChI=1S/C14H16N2O2/c1-3-5-10-6-7-12-11(8-10)9-13(16-15-12)14(17)18-4-2/h6-9H,3-5H2,1-2H3. The van der Waals surface area contributed by atoms with Crippen LogP contribution in [0.25, 0.3) is 10.9 Å². The maximum absolute atomic E-state index is 11.6. The molecule has 18 heavy (non-hydrogen) atoms. The van der Waals surface area contributed by atoms with Crippen LogP contribution in [-0.2, 0) is 11.2 Å². The maximum Gasteiger partial charge on any atom is 0.358 e. The van der Waals surface area contributed by atoms with E-state index in [1.54, 1.807) is 13.0 Å². The van der Waals surface area contributed by atoms with Gasteiger partial charge in [-0.15, -0.1) is 10.2 Å². The van der Waals surface area contributed by atoms with Crippen molar-refractivity contribution in [1.82, 2.24) is 10.2 Å². The van der Waals surface area contributed by atoms with Crippen molar-refractivity contribution in [2.75, 3.05) is 6.61 Å². The highest BCUT2D eigenvalue weighted by Gasteiger charge is 2.10. The molecule has 4 nitrogen and oxygen atoms in total. The zero-order valence-corrected chi connectivity index (χ0v) is 10.6. The van der Waals surface area contributed by atoms with E-state index in [0.29, 0.717) is 6.61 Å². The van der Waals surface area contributed by atoms with Crippen molar-refractivity contribution in [3.8, 4) is 0 Å². The first-order chi connectivity index (χ1) is 8.74. The average Bonchev–Trinajstić information content (AvgIpc) is 2.38. The van der Waals surface area contributed by atoms with Gasteiger partial charge in [0.25, 0.3) is 0 Å². The van der Waals surface area contributed by atoms with Crippen molar-refractivity contribution < 1.29 is 9.53 Å². The molecule has 0 N–H and O–H groups in total. The molecule has 1 aromatic heterocycles. The monoisotopic (exact) mass is 244 g/mol. The molecule has 0 radical (unpaired) electrons. The Morgan fingerprint density at radius 1 is 1.22 bits per heavy atom. The highest BCUT2D eigenvalue weighted by atomic mass is 16.5. The summed E-state index contributed by atoms with van der Waals surface area (Å²) in [7, 11) is 0. The van der Waals surface area contributed by atoms with Crippen molar-refractivity contribution in [1.29, 1.82) is 0 Å². The van der Waals surface area contributed by atoms with Gasteiger partial charge in [-0.05, 0) is 37.1 Å². The summed E-state index contributed by atoms with van der Waals surface area (Å²) in [6, 6.07) is 7.77. The van der Waals surface area contributed by atoms with Gasteiger partial charge in [-0.25, -0.2) is 4.79 Å². The van der Waals surface area contributed by atoms with E-state index in [4.69, 9.17) is 4.74 Å². The Labute approximate surface area is 106 Å². The number of aromatic nitrogens is 2. The lowest BCUT2D eigenvalue weighted by atomic mass is 10.1. The Bertz CT molecular complexity index is 567. The summed E-state index contributed by atoms with van der Waals surface area (Å²) >= 11 is 0. The minimum atomic E-state index is -0.423. The number of nitrogens with zero attached hydrogens (tertiary/aromatic N) is 2. The predicted molar refractivity (Wildman–Crippen MR) is 69.5 cm³/mol. The second-order valence-corrected chi connectivity index (χ2v) is 4.09. The van der Waals surface area contributed by atoms with Crippen molar-refractivity contribution in [2.45, 2.75) is 26.7 Å². The summed E-state index contributed by atoms with van der Waals surface area (Å²) < 4.78 is 4.91. The summed E-state index contributed by atoms with van der Waals surface area (Å²) in [6.07, 6.45) is 2.11. The first-order valence-corrected chi connectivity index (χ1v) is 6.18. The van der Waals surface area contributed by atoms with Gasteiger partial charge in [-0.3, -0.25) is 0 Å². The van der Waals surface area contributed by atoms with Gasteiger partial charge in [0.2, 0.25) is 0 Å². The van der Waals surface area contributed by atoms with Gasteiger partial charge >= 0.3 is 5.97 Å². The Hall–Kier alpha value is -1.97. The fourth-order valence-corrected chi connectivity index (χ4v) is 1.84. The Balaban J connectivity index is 2.38. The molecule has 2 rings (SSSR count). The van der Waals surface area contributed by atoms with E-state index in [-0.39, 0.29) is 5.69 Å². The molecule has 1 heterocycles. The Morgan fingerprint density at radius 2 is 2.06 bits per heavy atom. The molecule has 0 atom stereocenters. The van der Waals surface area contributed by atoms with Gasteiger partial charge in [0.05, 0.1) is 12.1 Å². The summed E-state index contributed by atoms with van der Waals surface area (Å²) in [5.41, 5.74) is 2.30. The second-order valence-electron chi connectivity index (χ2n) is 4.09. The van der Waals surface area contributed by atoms with Crippen LogP contribution in [0.1, 0.15) is 36.3 Å². The van der Waals surface area contributed by atoms with Crippen LogP contribution in [-0.4, -0.2) is 22.8 Å². The summed E-state index contributed by atoms with van der Waals surface area (Å²) in [5.74, 6) is -0.423. The lowest BCUT2D eigenvalue weighted by Gasteiger charge is -2.04. The molecular formula is C14H16N2O2. The number of aryl methyl sites for hydroxylation is 1. The normalized spacial score (nSPS) is 10.6. The van der Waals surface area contributed by atoms with Crippen molar-refractivity contribution in [3.63, 3.8) is 0 Å². The van der Waals surface area contributed by atoms with Crippen LogP contribution in [0.4, 0.5) is 0 Å². The molecule has 0 fully saturated rings. The number of hydrogen-bond donors (Lipinski definition) is 0. The molecule has 0 bridgehead atoms. The quantitative estimate of drug-likeness (QED) is 0.776. The van der Waals surface area contributed by atoms with Crippen LogP contribution in [0.3, 0.4) is 0 Å². The zero-order chi connectivity index (χ0) is 13.0. The highest BCUT2D eigenvalue weighted by Crippen LogP contribution is 2.15. The van der Waals surface area contributed by atoms with Gasteiger partial charge in [-0.2, -0.15) is 0 Å². The van der Waals surface area contributed by atoms with Crippen LogP contribution in [0.2, 0.25) is 0 Å². The van der Waals surface area contributed by atoms with E-state index in [9.17, 15) is 4.79 Å². The number of hydrogen-bond acceptors (Lipinski definition) is 4. The van der Waals surface area contributed by atoms with Gasteiger partial charge in [0, 0.05) is 5.39 Å². The number of carbonyl (C=O) groups is 1. The summed E-state index contributed by atoms with van der Waals surface area (Å²) in [5, 5.41) is 8.84. The molecule has 94 valence electrons. The van der Waals surface area contributed by atoms with Crippen LogP contribution in [0.5, 0.6) is 0 Å². The molecule has 4 heteroatoms. The fraction of sp³-hybridized carbons (Fsp3) is 0.357. The van der Waals surface area contributed by atoms with E-state index in [0.717, 1.165) is 23.7 Å². The van der Waals surface area contributed by atoms with E-state index in [1.165, 1.54) is 5.56 Å². The van der Waals surface area contributed by atoms with Gasteiger partial charge in [0.1, 0.15) is 0 Å². The Morgan fingerprint density at radius 3 is 2.78 bits per heavy atom. The van der Waals surface area contributed by atoms with Crippen LogP contribution in [0.15, 0.2) is 24.3 Å². The first kappa shape index (κ1) is 12.5. The predicted octanol–water partition coefficient (Wildman–Crippen LogP) is 2.76. The SMILES string of the molecule is CCCc1ccc2nnc(C(=O)OCC)cc2c1. The summed E-state index contributed by atoms with van der Waals surface area (Å²) in [6.45, 7) is 4.25. The number of carbonyl (C=O) groups excluding carboxylic acids is 1. The molecular weight excluding hydrogens is 228 g/mol. The molecule has 2 aromatic rings. The highest BCUT2D eigenvalue weighted by molar-refractivity contribution is 5.91. The molecule has 0 aliphatic rings. The summed E-state index contributed by atoms with van der Waals surface area (Å²) in [4.78, 5) is 11.6. The van der Waals surface area contributed by atoms with Gasteiger partial charge < -0.3 is 4.74 Å². The lowest BCUT2D eigenvalue weighted by Crippen LogP contribution is -2.08. The van der Waals surface area contributed by atoms with E-state index < -0.39 is 5.97 Å². The van der Waals surface area contributed by atoms with Crippen molar-refractivity contribution in [3.05, 3.63) is 35.5 Å². The number of benzene rings is 1. The maximum atomic E-state index is 11.6. The van der Waals surface area contributed by atoms with Gasteiger partial charge in [-0.1, -0.05) is 19.4 Å². The average molecular weight is 244 g/mol. The van der Waals surface area contributed by atoms with E-state index >= 15 is 0 Å². The van der Waals surface area contributed by atoms with Crippen LogP contribution in [0, 0.1) is 0 Å². The molecule has 0 aliphatic carbocycles. The van der Waals surface area contributed by atoms with Crippen LogP contribution >= 0.6 is 0 Å².